The first-order valence-corrected chi connectivity index (χ1v) is 9.20. The Kier molecular flexibility index (Phi) is 4.95. The van der Waals surface area contributed by atoms with E-state index in [0.29, 0.717) is 23.6 Å². The molecular formula is C19H16ClF3N4O2. The van der Waals surface area contributed by atoms with Gasteiger partial charge in [0.15, 0.2) is 5.69 Å². The van der Waals surface area contributed by atoms with Crippen molar-refractivity contribution in [3.8, 4) is 11.6 Å². The number of hydrogen-bond donors (Lipinski definition) is 1. The van der Waals surface area contributed by atoms with Gasteiger partial charge in [-0.05, 0) is 49.1 Å². The van der Waals surface area contributed by atoms with Crippen molar-refractivity contribution in [2.45, 2.75) is 31.2 Å². The molecule has 0 radical (unpaired) electrons. The van der Waals surface area contributed by atoms with E-state index in [0.717, 1.165) is 0 Å². The van der Waals surface area contributed by atoms with Crippen LogP contribution in [0.1, 0.15) is 24.1 Å². The van der Waals surface area contributed by atoms with E-state index in [2.05, 4.69) is 15.1 Å². The molecule has 1 aliphatic rings. The molecule has 0 aliphatic heterocycles. The van der Waals surface area contributed by atoms with Gasteiger partial charge in [-0.3, -0.25) is 0 Å². The Morgan fingerprint density at radius 3 is 2.45 bits per heavy atom. The average molecular weight is 425 g/mol. The number of aromatic nitrogens is 4. The van der Waals surface area contributed by atoms with E-state index < -0.39 is 17.5 Å². The lowest BCUT2D eigenvalue weighted by molar-refractivity contribution is -0.145. The molecule has 0 amide bonds. The Bertz CT molecular complexity index is 992. The van der Waals surface area contributed by atoms with Crippen LogP contribution in [0.2, 0.25) is 5.02 Å². The number of hydrogen-bond acceptors (Lipinski definition) is 5. The number of halogens is 4. The Labute approximate surface area is 168 Å². The maximum atomic E-state index is 13.8. The van der Waals surface area contributed by atoms with Crippen molar-refractivity contribution in [1.29, 1.82) is 0 Å². The number of nitrogens with zero attached hydrogens (tertiary/aromatic N) is 4. The quantitative estimate of drug-likeness (QED) is 0.633. The third-order valence-electron chi connectivity index (χ3n) is 4.76. The highest BCUT2D eigenvalue weighted by Gasteiger charge is 2.50. The normalized spacial score (nSPS) is 16.4. The molecule has 29 heavy (non-hydrogen) atoms. The lowest BCUT2D eigenvalue weighted by Crippen LogP contribution is -2.36. The van der Waals surface area contributed by atoms with Crippen LogP contribution in [0.15, 0.2) is 49.1 Å². The van der Waals surface area contributed by atoms with E-state index >= 15 is 0 Å². The number of rotatable bonds is 6. The van der Waals surface area contributed by atoms with Crippen LogP contribution in [0.5, 0.6) is 11.6 Å². The Hall–Kier alpha value is -2.65. The lowest BCUT2D eigenvalue weighted by atomic mass is 9.87. The fraction of sp³-hybridized carbons (Fsp3) is 0.316. The molecule has 2 aromatic heterocycles. The second-order valence-corrected chi connectivity index (χ2v) is 7.33. The summed E-state index contributed by atoms with van der Waals surface area (Å²) in [5.41, 5.74) is -3.25. The van der Waals surface area contributed by atoms with Crippen molar-refractivity contribution in [3.63, 3.8) is 0 Å². The fourth-order valence-electron chi connectivity index (χ4n) is 3.24. The van der Waals surface area contributed by atoms with Crippen LogP contribution < -0.4 is 4.74 Å². The maximum absolute atomic E-state index is 13.8. The highest BCUT2D eigenvalue weighted by molar-refractivity contribution is 6.30. The van der Waals surface area contributed by atoms with Crippen LogP contribution in [0.3, 0.4) is 0 Å². The molecule has 2 heterocycles. The molecule has 4 rings (SSSR count). The topological polar surface area (TPSA) is 73.1 Å². The molecule has 1 fully saturated rings. The van der Waals surface area contributed by atoms with Gasteiger partial charge in [-0.25, -0.2) is 14.6 Å². The van der Waals surface area contributed by atoms with Gasteiger partial charge in [-0.15, -0.1) is 0 Å². The summed E-state index contributed by atoms with van der Waals surface area (Å²) < 4.78 is 48.3. The molecule has 1 aliphatic carbocycles. The zero-order valence-corrected chi connectivity index (χ0v) is 15.7. The van der Waals surface area contributed by atoms with E-state index in [-0.39, 0.29) is 23.9 Å². The molecule has 152 valence electrons. The van der Waals surface area contributed by atoms with Crippen LogP contribution in [0.25, 0.3) is 0 Å². The van der Waals surface area contributed by atoms with E-state index in [4.69, 9.17) is 16.3 Å². The molecule has 10 heteroatoms. The second kappa shape index (κ2) is 7.31. The van der Waals surface area contributed by atoms with E-state index in [1.54, 1.807) is 12.1 Å². The third-order valence-corrected chi connectivity index (χ3v) is 5.01. The molecule has 6 nitrogen and oxygen atoms in total. The van der Waals surface area contributed by atoms with Gasteiger partial charge in [0.1, 0.15) is 24.0 Å². The summed E-state index contributed by atoms with van der Waals surface area (Å²) in [4.78, 5) is 7.47. The fourth-order valence-corrected chi connectivity index (χ4v) is 3.37. The van der Waals surface area contributed by atoms with Gasteiger partial charge in [-0.1, -0.05) is 11.6 Å². The number of aliphatic hydroxyl groups is 1. The highest BCUT2D eigenvalue weighted by atomic mass is 35.5. The summed E-state index contributed by atoms with van der Waals surface area (Å²) in [7, 11) is 0. The van der Waals surface area contributed by atoms with E-state index in [1.807, 2.05) is 0 Å². The Morgan fingerprint density at radius 2 is 1.86 bits per heavy atom. The Morgan fingerprint density at radius 1 is 1.14 bits per heavy atom. The molecule has 3 aromatic rings. The zero-order chi connectivity index (χ0) is 20.6. The summed E-state index contributed by atoms with van der Waals surface area (Å²) in [6.45, 7) is -0.153. The largest absolute Gasteiger partial charge is 0.439 e. The highest BCUT2D eigenvalue weighted by Crippen LogP contribution is 2.49. The molecule has 0 unspecified atom stereocenters. The van der Waals surface area contributed by atoms with Crippen molar-refractivity contribution in [2.24, 2.45) is 5.92 Å². The first-order chi connectivity index (χ1) is 13.8. The minimum atomic E-state index is -4.78. The SMILES string of the molecule is O[C@@](Cn1cncn1)(c1ccc(Oc2ccc(Cl)cc2)nc1C(F)(F)F)C1CC1. The van der Waals surface area contributed by atoms with E-state index in [1.165, 1.54) is 41.6 Å². The second-order valence-electron chi connectivity index (χ2n) is 6.89. The summed E-state index contributed by atoms with van der Waals surface area (Å²) in [6.07, 6.45) is -0.928. The van der Waals surface area contributed by atoms with Crippen LogP contribution in [0, 0.1) is 5.92 Å². The molecule has 1 saturated carbocycles. The molecule has 1 aromatic carbocycles. The van der Waals surface area contributed by atoms with Gasteiger partial charge in [0.25, 0.3) is 0 Å². The first kappa shape index (κ1) is 19.7. The molecule has 0 saturated heterocycles. The summed E-state index contributed by atoms with van der Waals surface area (Å²) in [6, 6.07) is 8.69. The number of pyridine rings is 1. The molecule has 1 N–H and O–H groups in total. The standard InChI is InChI=1S/C19H16ClF3N4O2/c20-13-3-5-14(6-4-13)29-16-8-7-15(17(26-16)19(21,22)23)18(28,12-1-2-12)9-27-11-24-10-25-27/h3-8,10-12,28H,1-2,9H2/t18-/m1/s1. The predicted molar refractivity (Wildman–Crippen MR) is 97.4 cm³/mol. The zero-order valence-electron chi connectivity index (χ0n) is 15.0. The van der Waals surface area contributed by atoms with Gasteiger partial charge in [0, 0.05) is 16.7 Å². The van der Waals surface area contributed by atoms with Gasteiger partial charge < -0.3 is 9.84 Å². The monoisotopic (exact) mass is 424 g/mol. The van der Waals surface area contributed by atoms with Crippen molar-refractivity contribution < 1.29 is 23.0 Å². The van der Waals surface area contributed by atoms with E-state index in [9.17, 15) is 18.3 Å². The molecule has 0 bridgehead atoms. The molecular weight excluding hydrogens is 409 g/mol. The van der Waals surface area contributed by atoms with Crippen molar-refractivity contribution >= 4 is 11.6 Å². The van der Waals surface area contributed by atoms with Crippen LogP contribution >= 0.6 is 11.6 Å². The van der Waals surface area contributed by atoms with Gasteiger partial charge in [0.2, 0.25) is 5.88 Å². The number of benzene rings is 1. The summed E-state index contributed by atoms with van der Waals surface area (Å²) in [5, 5.41) is 15.7. The van der Waals surface area contributed by atoms with Crippen LogP contribution in [0.4, 0.5) is 13.2 Å². The average Bonchev–Trinajstić information content (AvgIpc) is 3.42. The van der Waals surface area contributed by atoms with Crippen molar-refractivity contribution in [1.82, 2.24) is 19.7 Å². The summed E-state index contributed by atoms with van der Waals surface area (Å²) >= 11 is 5.81. The number of alkyl halides is 3. The van der Waals surface area contributed by atoms with Crippen LogP contribution in [-0.2, 0) is 18.3 Å². The third kappa shape index (κ3) is 4.20. The van der Waals surface area contributed by atoms with Crippen molar-refractivity contribution in [3.05, 3.63) is 65.3 Å². The maximum Gasteiger partial charge on any atom is 0.433 e. The van der Waals surface area contributed by atoms with Crippen molar-refractivity contribution in [2.75, 3.05) is 0 Å². The predicted octanol–water partition coefficient (Wildman–Crippen LogP) is 4.44. The smallest absolute Gasteiger partial charge is 0.433 e. The minimum absolute atomic E-state index is 0.153. The molecule has 1 atom stereocenters. The first-order valence-electron chi connectivity index (χ1n) is 8.82. The van der Waals surface area contributed by atoms with Gasteiger partial charge >= 0.3 is 6.18 Å². The summed E-state index contributed by atoms with van der Waals surface area (Å²) in [5.74, 6) is -0.261. The van der Waals surface area contributed by atoms with Gasteiger partial charge in [0.05, 0.1) is 6.54 Å². The van der Waals surface area contributed by atoms with Gasteiger partial charge in [-0.2, -0.15) is 18.3 Å². The van der Waals surface area contributed by atoms with Crippen LogP contribution in [-0.4, -0.2) is 24.9 Å². The lowest BCUT2D eigenvalue weighted by Gasteiger charge is -2.30. The Balaban J connectivity index is 1.73. The number of ether oxygens (including phenoxy) is 1. The minimum Gasteiger partial charge on any atom is -0.439 e. The molecule has 0 spiro atoms.